The first kappa shape index (κ1) is 12.5. The molecule has 0 bridgehead atoms. The topological polar surface area (TPSA) is 78.3 Å². The van der Waals surface area contributed by atoms with E-state index in [1.54, 1.807) is 6.92 Å². The van der Waals surface area contributed by atoms with Crippen LogP contribution in [-0.4, -0.2) is 17.6 Å². The monoisotopic (exact) mass is 226 g/mol. The van der Waals surface area contributed by atoms with Gasteiger partial charge in [0, 0.05) is 5.92 Å². The van der Waals surface area contributed by atoms with Crippen molar-refractivity contribution in [3.05, 3.63) is 11.6 Å². The molecule has 1 unspecified atom stereocenters. The number of oxazole rings is 1. The van der Waals surface area contributed by atoms with Gasteiger partial charge in [0.15, 0.2) is 0 Å². The van der Waals surface area contributed by atoms with E-state index in [0.717, 1.165) is 12.8 Å². The van der Waals surface area contributed by atoms with Crippen LogP contribution in [0.2, 0.25) is 0 Å². The summed E-state index contributed by atoms with van der Waals surface area (Å²) in [5, 5.41) is 0. The summed E-state index contributed by atoms with van der Waals surface area (Å²) in [5.41, 5.74) is 5.66. The minimum atomic E-state index is -0.529. The van der Waals surface area contributed by atoms with Crippen molar-refractivity contribution in [3.8, 4) is 0 Å². The molecule has 0 fully saturated rings. The van der Waals surface area contributed by atoms with Gasteiger partial charge in [0.05, 0.1) is 6.61 Å². The highest BCUT2D eigenvalue weighted by molar-refractivity contribution is 5.91. The predicted molar refractivity (Wildman–Crippen MR) is 60.2 cm³/mol. The molecule has 0 saturated heterocycles. The lowest BCUT2D eigenvalue weighted by Gasteiger charge is -2.02. The van der Waals surface area contributed by atoms with Gasteiger partial charge in [0.2, 0.25) is 17.5 Å². The number of nitrogens with two attached hydrogens (primary N) is 1. The fraction of sp³-hybridized carbons (Fsp3) is 0.636. The maximum Gasteiger partial charge on any atom is 0.362 e. The molecule has 0 spiro atoms. The van der Waals surface area contributed by atoms with Crippen molar-refractivity contribution in [2.45, 2.75) is 39.5 Å². The van der Waals surface area contributed by atoms with Crippen LogP contribution in [0.25, 0.3) is 0 Å². The molecule has 0 aliphatic carbocycles. The molecule has 5 heteroatoms. The van der Waals surface area contributed by atoms with E-state index >= 15 is 0 Å². The van der Waals surface area contributed by atoms with E-state index in [2.05, 4.69) is 11.9 Å². The minimum Gasteiger partial charge on any atom is -0.461 e. The molecule has 0 amide bonds. The van der Waals surface area contributed by atoms with Gasteiger partial charge in [-0.3, -0.25) is 0 Å². The molecule has 0 radical (unpaired) electrons. The minimum absolute atomic E-state index is 0.0383. The first-order valence-corrected chi connectivity index (χ1v) is 5.53. The van der Waals surface area contributed by atoms with Crippen LogP contribution in [0.5, 0.6) is 0 Å². The summed E-state index contributed by atoms with van der Waals surface area (Å²) in [7, 11) is 0. The van der Waals surface area contributed by atoms with Gasteiger partial charge in [-0.2, -0.15) is 0 Å². The molecule has 1 atom stereocenters. The SMILES string of the molecule is CCCC(C)c1nc(C(=O)OCC)c(N)o1. The van der Waals surface area contributed by atoms with E-state index in [1.165, 1.54) is 0 Å². The van der Waals surface area contributed by atoms with E-state index in [1.807, 2.05) is 6.92 Å². The fourth-order valence-electron chi connectivity index (χ4n) is 1.46. The number of rotatable bonds is 5. The third-order valence-electron chi connectivity index (χ3n) is 2.28. The molecular weight excluding hydrogens is 208 g/mol. The molecule has 0 saturated carbocycles. The van der Waals surface area contributed by atoms with Gasteiger partial charge in [-0.05, 0) is 13.3 Å². The van der Waals surface area contributed by atoms with Crippen LogP contribution in [-0.2, 0) is 4.74 Å². The number of nitrogen functional groups attached to an aromatic ring is 1. The normalized spacial score (nSPS) is 12.4. The second kappa shape index (κ2) is 5.53. The average Bonchev–Trinajstić information content (AvgIpc) is 2.61. The molecule has 1 heterocycles. The molecule has 1 aromatic rings. The van der Waals surface area contributed by atoms with Crippen LogP contribution in [0.3, 0.4) is 0 Å². The van der Waals surface area contributed by atoms with Crippen LogP contribution in [0.1, 0.15) is 55.9 Å². The molecule has 1 rings (SSSR count). The molecule has 5 nitrogen and oxygen atoms in total. The number of anilines is 1. The lowest BCUT2D eigenvalue weighted by Crippen LogP contribution is -2.07. The van der Waals surface area contributed by atoms with Gasteiger partial charge in [0.25, 0.3) is 0 Å². The maximum absolute atomic E-state index is 11.4. The summed E-state index contributed by atoms with van der Waals surface area (Å²) < 4.78 is 10.1. The number of hydrogen-bond acceptors (Lipinski definition) is 5. The molecular formula is C11H18N2O3. The Bertz CT molecular complexity index is 360. The van der Waals surface area contributed by atoms with E-state index in [9.17, 15) is 4.79 Å². The molecule has 2 N–H and O–H groups in total. The Morgan fingerprint density at radius 2 is 2.25 bits per heavy atom. The van der Waals surface area contributed by atoms with Gasteiger partial charge >= 0.3 is 5.97 Å². The highest BCUT2D eigenvalue weighted by Crippen LogP contribution is 2.24. The van der Waals surface area contributed by atoms with Crippen LogP contribution in [0, 0.1) is 0 Å². The van der Waals surface area contributed by atoms with Crippen LogP contribution < -0.4 is 5.73 Å². The average molecular weight is 226 g/mol. The summed E-state index contributed by atoms with van der Waals surface area (Å²) in [6.45, 7) is 6.10. The Balaban J connectivity index is 2.84. The van der Waals surface area contributed by atoms with Gasteiger partial charge < -0.3 is 14.9 Å². The summed E-state index contributed by atoms with van der Waals surface area (Å²) in [5.74, 6) is 0.174. The van der Waals surface area contributed by atoms with Crippen molar-refractivity contribution >= 4 is 11.9 Å². The summed E-state index contributed by atoms with van der Waals surface area (Å²) in [4.78, 5) is 15.5. The fourth-order valence-corrected chi connectivity index (χ4v) is 1.46. The smallest absolute Gasteiger partial charge is 0.362 e. The number of ether oxygens (including phenoxy) is 1. The highest BCUT2D eigenvalue weighted by Gasteiger charge is 2.21. The number of hydrogen-bond donors (Lipinski definition) is 1. The first-order valence-electron chi connectivity index (χ1n) is 5.53. The lowest BCUT2D eigenvalue weighted by atomic mass is 10.1. The maximum atomic E-state index is 11.4. The summed E-state index contributed by atoms with van der Waals surface area (Å²) in [6.07, 6.45) is 1.97. The second-order valence-electron chi connectivity index (χ2n) is 3.68. The van der Waals surface area contributed by atoms with E-state index in [4.69, 9.17) is 14.9 Å². The largest absolute Gasteiger partial charge is 0.461 e. The number of carbonyl (C=O) groups is 1. The van der Waals surface area contributed by atoms with E-state index in [-0.39, 0.29) is 17.5 Å². The van der Waals surface area contributed by atoms with E-state index < -0.39 is 5.97 Å². The summed E-state index contributed by atoms with van der Waals surface area (Å²) in [6, 6.07) is 0. The molecule has 1 aromatic heterocycles. The molecule has 16 heavy (non-hydrogen) atoms. The van der Waals surface area contributed by atoms with Gasteiger partial charge in [-0.25, -0.2) is 9.78 Å². The predicted octanol–water partition coefficient (Wildman–Crippen LogP) is 2.34. The second-order valence-corrected chi connectivity index (χ2v) is 3.68. The van der Waals surface area contributed by atoms with Gasteiger partial charge in [0.1, 0.15) is 0 Å². The Morgan fingerprint density at radius 3 is 2.81 bits per heavy atom. The number of aromatic nitrogens is 1. The highest BCUT2D eigenvalue weighted by atomic mass is 16.5. The van der Waals surface area contributed by atoms with Crippen molar-refractivity contribution in [2.75, 3.05) is 12.3 Å². The lowest BCUT2D eigenvalue weighted by molar-refractivity contribution is 0.0521. The van der Waals surface area contributed by atoms with Crippen molar-refractivity contribution < 1.29 is 13.9 Å². The summed E-state index contributed by atoms with van der Waals surface area (Å²) >= 11 is 0. The zero-order valence-corrected chi connectivity index (χ0v) is 9.95. The molecule has 0 aliphatic rings. The zero-order chi connectivity index (χ0) is 12.1. The Labute approximate surface area is 95.0 Å². The molecule has 0 aliphatic heterocycles. The molecule has 0 aromatic carbocycles. The van der Waals surface area contributed by atoms with Crippen molar-refractivity contribution in [1.82, 2.24) is 4.98 Å². The standard InChI is InChI=1S/C11H18N2O3/c1-4-6-7(3)10-13-8(9(12)16-10)11(14)15-5-2/h7H,4-6,12H2,1-3H3. The third-order valence-corrected chi connectivity index (χ3v) is 2.28. The quantitative estimate of drug-likeness (QED) is 0.779. The van der Waals surface area contributed by atoms with Crippen LogP contribution in [0.15, 0.2) is 4.42 Å². The number of carbonyl (C=O) groups excluding carboxylic acids is 1. The van der Waals surface area contributed by atoms with Gasteiger partial charge in [-0.15, -0.1) is 0 Å². The Kier molecular flexibility index (Phi) is 4.34. The number of esters is 1. The van der Waals surface area contributed by atoms with Crippen molar-refractivity contribution in [3.63, 3.8) is 0 Å². The molecule has 90 valence electrons. The first-order chi connectivity index (χ1) is 7.60. The van der Waals surface area contributed by atoms with Crippen molar-refractivity contribution in [1.29, 1.82) is 0 Å². The van der Waals surface area contributed by atoms with Crippen LogP contribution in [0.4, 0.5) is 5.88 Å². The van der Waals surface area contributed by atoms with Crippen LogP contribution >= 0.6 is 0 Å². The Hall–Kier alpha value is -1.52. The van der Waals surface area contributed by atoms with E-state index in [0.29, 0.717) is 12.5 Å². The third kappa shape index (κ3) is 2.74. The van der Waals surface area contributed by atoms with Crippen molar-refractivity contribution in [2.24, 2.45) is 0 Å². The number of nitrogens with zero attached hydrogens (tertiary/aromatic N) is 1. The van der Waals surface area contributed by atoms with Gasteiger partial charge in [-0.1, -0.05) is 20.3 Å². The zero-order valence-electron chi connectivity index (χ0n) is 9.95. The Morgan fingerprint density at radius 1 is 1.56 bits per heavy atom.